The van der Waals surface area contributed by atoms with Gasteiger partial charge in [0.1, 0.15) is 0 Å². The lowest BCUT2D eigenvalue weighted by Gasteiger charge is -2.22. The Bertz CT molecular complexity index is 666. The highest BCUT2D eigenvalue weighted by molar-refractivity contribution is 5.50. The highest BCUT2D eigenvalue weighted by atomic mass is 16.3. The molecule has 1 heterocycles. The van der Waals surface area contributed by atoms with Gasteiger partial charge in [0.15, 0.2) is 11.5 Å². The van der Waals surface area contributed by atoms with Gasteiger partial charge in [-0.25, -0.2) is 0 Å². The number of phenols is 2. The predicted octanol–water partition coefficient (Wildman–Crippen LogP) is 3.03. The zero-order chi connectivity index (χ0) is 15.0. The number of fused-ring (bicyclic) bond motifs is 1. The second-order valence-electron chi connectivity index (χ2n) is 6.02. The Morgan fingerprint density at radius 2 is 1.86 bits per heavy atom. The maximum Gasteiger partial charge on any atom is 0.157 e. The molecule has 21 heavy (non-hydrogen) atoms. The zero-order valence-electron chi connectivity index (χ0n) is 12.5. The van der Waals surface area contributed by atoms with E-state index in [9.17, 15) is 10.2 Å². The molecule has 0 spiro atoms. The van der Waals surface area contributed by atoms with Crippen molar-refractivity contribution in [3.05, 3.63) is 58.7 Å². The number of likely N-dealkylation sites (N-methyl/N-ethyl adjacent to an activating group) is 1. The number of hydrogen-bond donors (Lipinski definition) is 2. The van der Waals surface area contributed by atoms with Crippen LogP contribution in [0.2, 0.25) is 0 Å². The summed E-state index contributed by atoms with van der Waals surface area (Å²) >= 11 is 0. The topological polar surface area (TPSA) is 43.7 Å². The van der Waals surface area contributed by atoms with Crippen LogP contribution in [0.25, 0.3) is 0 Å². The van der Waals surface area contributed by atoms with E-state index in [4.69, 9.17) is 0 Å². The van der Waals surface area contributed by atoms with Crippen LogP contribution in [0.15, 0.2) is 36.4 Å². The minimum atomic E-state index is -0.0315. The van der Waals surface area contributed by atoms with E-state index in [2.05, 4.69) is 43.1 Å². The van der Waals surface area contributed by atoms with Crippen LogP contribution < -0.4 is 0 Å². The van der Waals surface area contributed by atoms with Crippen molar-refractivity contribution in [2.75, 3.05) is 20.1 Å². The van der Waals surface area contributed by atoms with E-state index in [1.165, 1.54) is 11.1 Å². The highest BCUT2D eigenvalue weighted by Gasteiger charge is 2.24. The van der Waals surface area contributed by atoms with E-state index in [0.717, 1.165) is 30.6 Å². The molecule has 0 amide bonds. The van der Waals surface area contributed by atoms with E-state index in [-0.39, 0.29) is 17.4 Å². The standard InChI is InChI=1S/C18H21NO2/c1-12-4-3-5-13(8-12)16-11-19(2)7-6-14-9-17(20)18(21)10-15(14)16/h3-5,8-10,16,20-21H,6-7,11H2,1-2H3. The maximum atomic E-state index is 9.89. The molecular weight excluding hydrogens is 262 g/mol. The van der Waals surface area contributed by atoms with E-state index in [1.807, 2.05) is 0 Å². The smallest absolute Gasteiger partial charge is 0.157 e. The average Bonchev–Trinajstić information content (AvgIpc) is 2.60. The van der Waals surface area contributed by atoms with Gasteiger partial charge in [-0.2, -0.15) is 0 Å². The molecule has 2 aromatic carbocycles. The Morgan fingerprint density at radius 1 is 1.10 bits per heavy atom. The first-order chi connectivity index (χ1) is 10.0. The lowest BCUT2D eigenvalue weighted by Crippen LogP contribution is -2.24. The van der Waals surface area contributed by atoms with Crippen molar-refractivity contribution in [2.24, 2.45) is 0 Å². The Labute approximate surface area is 125 Å². The fraction of sp³-hybridized carbons (Fsp3) is 0.333. The van der Waals surface area contributed by atoms with Crippen molar-refractivity contribution in [3.8, 4) is 11.5 Å². The van der Waals surface area contributed by atoms with Crippen LogP contribution in [0.1, 0.15) is 28.2 Å². The fourth-order valence-electron chi connectivity index (χ4n) is 3.16. The number of aryl methyl sites for hydroxylation is 1. The molecule has 1 aliphatic heterocycles. The molecule has 3 rings (SSSR count). The van der Waals surface area contributed by atoms with E-state index in [0.29, 0.717) is 0 Å². The molecule has 0 fully saturated rings. The summed E-state index contributed by atoms with van der Waals surface area (Å²) in [5, 5.41) is 19.7. The normalized spacial score (nSPS) is 19.0. The van der Waals surface area contributed by atoms with E-state index in [1.54, 1.807) is 12.1 Å². The van der Waals surface area contributed by atoms with Gasteiger partial charge in [-0.05, 0) is 49.2 Å². The molecule has 110 valence electrons. The van der Waals surface area contributed by atoms with Gasteiger partial charge in [0, 0.05) is 19.0 Å². The van der Waals surface area contributed by atoms with Gasteiger partial charge in [0.25, 0.3) is 0 Å². The Kier molecular flexibility index (Phi) is 3.60. The van der Waals surface area contributed by atoms with Gasteiger partial charge in [0.05, 0.1) is 0 Å². The summed E-state index contributed by atoms with van der Waals surface area (Å²) in [7, 11) is 2.12. The van der Waals surface area contributed by atoms with Gasteiger partial charge < -0.3 is 15.1 Å². The lowest BCUT2D eigenvalue weighted by molar-refractivity contribution is 0.338. The number of nitrogens with zero attached hydrogens (tertiary/aromatic N) is 1. The molecule has 2 N–H and O–H groups in total. The molecule has 0 aliphatic carbocycles. The molecule has 0 saturated heterocycles. The Balaban J connectivity index is 2.13. The van der Waals surface area contributed by atoms with Crippen molar-refractivity contribution in [2.45, 2.75) is 19.3 Å². The molecule has 3 nitrogen and oxygen atoms in total. The van der Waals surface area contributed by atoms with Crippen molar-refractivity contribution < 1.29 is 10.2 Å². The third-order valence-corrected chi connectivity index (χ3v) is 4.31. The molecule has 1 atom stereocenters. The third kappa shape index (κ3) is 2.74. The summed E-state index contributed by atoms with van der Waals surface area (Å²) in [4.78, 5) is 2.31. The first kappa shape index (κ1) is 14.0. The minimum Gasteiger partial charge on any atom is -0.504 e. The van der Waals surface area contributed by atoms with Crippen molar-refractivity contribution in [1.29, 1.82) is 0 Å². The molecule has 0 saturated carbocycles. The number of hydrogen-bond acceptors (Lipinski definition) is 3. The number of benzene rings is 2. The molecule has 0 radical (unpaired) electrons. The fourth-order valence-corrected chi connectivity index (χ4v) is 3.16. The molecule has 1 unspecified atom stereocenters. The Hall–Kier alpha value is -2.00. The van der Waals surface area contributed by atoms with Gasteiger partial charge in [-0.15, -0.1) is 0 Å². The molecule has 3 heteroatoms. The average molecular weight is 283 g/mol. The maximum absolute atomic E-state index is 9.89. The summed E-state index contributed by atoms with van der Waals surface area (Å²) in [5.74, 6) is 0.163. The van der Waals surface area contributed by atoms with Crippen LogP contribution >= 0.6 is 0 Å². The van der Waals surface area contributed by atoms with Crippen LogP contribution in [0.4, 0.5) is 0 Å². The molecule has 0 bridgehead atoms. The SMILES string of the molecule is Cc1cccc(C2CN(C)CCc3cc(O)c(O)cc32)c1. The number of aromatic hydroxyl groups is 2. The van der Waals surface area contributed by atoms with E-state index < -0.39 is 0 Å². The summed E-state index contributed by atoms with van der Waals surface area (Å²) < 4.78 is 0. The van der Waals surface area contributed by atoms with Gasteiger partial charge >= 0.3 is 0 Å². The summed E-state index contributed by atoms with van der Waals surface area (Å²) in [5.41, 5.74) is 4.75. The highest BCUT2D eigenvalue weighted by Crippen LogP contribution is 2.37. The molecule has 1 aliphatic rings. The lowest BCUT2D eigenvalue weighted by atomic mass is 9.87. The van der Waals surface area contributed by atoms with Crippen molar-refractivity contribution in [1.82, 2.24) is 4.90 Å². The summed E-state index contributed by atoms with van der Waals surface area (Å²) in [6.45, 7) is 3.97. The van der Waals surface area contributed by atoms with E-state index >= 15 is 0 Å². The number of phenolic OH excluding ortho intramolecular Hbond substituents is 2. The minimum absolute atomic E-state index is 0.0266. The van der Waals surface area contributed by atoms with Crippen LogP contribution in [-0.2, 0) is 6.42 Å². The van der Waals surface area contributed by atoms with Crippen LogP contribution in [0, 0.1) is 6.92 Å². The Morgan fingerprint density at radius 3 is 2.62 bits per heavy atom. The predicted molar refractivity (Wildman–Crippen MR) is 84.0 cm³/mol. The van der Waals surface area contributed by atoms with Crippen LogP contribution in [0.3, 0.4) is 0 Å². The van der Waals surface area contributed by atoms with Crippen LogP contribution in [-0.4, -0.2) is 35.3 Å². The van der Waals surface area contributed by atoms with Gasteiger partial charge in [0.2, 0.25) is 0 Å². The van der Waals surface area contributed by atoms with Gasteiger partial charge in [-0.1, -0.05) is 29.8 Å². The molecular formula is C18H21NO2. The third-order valence-electron chi connectivity index (χ3n) is 4.31. The van der Waals surface area contributed by atoms with Crippen molar-refractivity contribution in [3.63, 3.8) is 0 Å². The second-order valence-corrected chi connectivity index (χ2v) is 6.02. The summed E-state index contributed by atoms with van der Waals surface area (Å²) in [6, 6.07) is 12.0. The second kappa shape index (κ2) is 5.41. The molecule has 0 aromatic heterocycles. The monoisotopic (exact) mass is 283 g/mol. The largest absolute Gasteiger partial charge is 0.504 e. The molecule has 2 aromatic rings. The van der Waals surface area contributed by atoms with Crippen LogP contribution in [0.5, 0.6) is 11.5 Å². The van der Waals surface area contributed by atoms with Gasteiger partial charge in [-0.3, -0.25) is 0 Å². The first-order valence-corrected chi connectivity index (χ1v) is 7.34. The summed E-state index contributed by atoms with van der Waals surface area (Å²) in [6.07, 6.45) is 0.891. The zero-order valence-corrected chi connectivity index (χ0v) is 12.5. The first-order valence-electron chi connectivity index (χ1n) is 7.34. The van der Waals surface area contributed by atoms with Crippen molar-refractivity contribution >= 4 is 0 Å². The number of rotatable bonds is 1. The quantitative estimate of drug-likeness (QED) is 0.791.